The molecule has 35 heavy (non-hydrogen) atoms. The van der Waals surface area contributed by atoms with E-state index < -0.39 is 35.5 Å². The van der Waals surface area contributed by atoms with Crippen LogP contribution in [-0.4, -0.2) is 92.3 Å². The number of imide groups is 1. The fraction of sp³-hybridized carbons (Fsp3) is 0.500. The number of aryl methyl sites for hydroxylation is 1. The molecule has 1 aromatic carbocycles. The molecule has 0 bridgehead atoms. The van der Waals surface area contributed by atoms with Gasteiger partial charge in [0, 0.05) is 24.9 Å². The van der Waals surface area contributed by atoms with Crippen LogP contribution in [-0.2, 0) is 16.0 Å². The average Bonchev–Trinajstić information content (AvgIpc) is 3.42. The van der Waals surface area contributed by atoms with Gasteiger partial charge in [0.25, 0.3) is 5.91 Å². The maximum atomic E-state index is 13.0. The van der Waals surface area contributed by atoms with E-state index in [1.807, 2.05) is 13.0 Å². The standard InChI is InChI=1S/C22H28N8O5/c1-2-11-4-3-5-12(8-11)18(33)26-14-10-30-20(24)25-13(9-29-15(31)6-7-16(29)32)17-21(30,22(14,34)35)28-19(23)27-17/h3-5,8,13-14,17,34-35H,2,6-7,9-10H2,1H3,(H2,24,25)(H,26,33)(H3,23,27,28)/t13?,14?,17-,21-/m0/s1. The van der Waals surface area contributed by atoms with Gasteiger partial charge in [-0.3, -0.25) is 19.3 Å². The molecule has 13 nitrogen and oxygen atoms in total. The first-order chi connectivity index (χ1) is 16.6. The third-order valence-corrected chi connectivity index (χ3v) is 7.23. The van der Waals surface area contributed by atoms with E-state index in [1.54, 1.807) is 18.2 Å². The van der Waals surface area contributed by atoms with Crippen molar-refractivity contribution in [1.29, 1.82) is 0 Å². The van der Waals surface area contributed by atoms with Gasteiger partial charge in [-0.15, -0.1) is 0 Å². The lowest BCUT2D eigenvalue weighted by Crippen LogP contribution is -2.78. The molecule has 2 unspecified atom stereocenters. The van der Waals surface area contributed by atoms with Crippen molar-refractivity contribution < 1.29 is 24.6 Å². The lowest BCUT2D eigenvalue weighted by molar-refractivity contribution is -0.230. The van der Waals surface area contributed by atoms with Gasteiger partial charge in [-0.1, -0.05) is 19.1 Å². The Labute approximate surface area is 200 Å². The minimum Gasteiger partial charge on any atom is -0.370 e. The van der Waals surface area contributed by atoms with Gasteiger partial charge in [0.15, 0.2) is 17.6 Å². The van der Waals surface area contributed by atoms with E-state index in [9.17, 15) is 24.6 Å². The maximum Gasteiger partial charge on any atom is 0.251 e. The normalized spacial score (nSPS) is 31.0. The predicted octanol–water partition coefficient (Wildman–Crippen LogP) is -2.83. The average molecular weight is 485 g/mol. The number of nitrogens with one attached hydrogen (secondary N) is 2. The van der Waals surface area contributed by atoms with E-state index in [-0.39, 0.29) is 49.7 Å². The predicted molar refractivity (Wildman–Crippen MR) is 124 cm³/mol. The quantitative estimate of drug-likeness (QED) is 0.188. The smallest absolute Gasteiger partial charge is 0.251 e. The lowest BCUT2D eigenvalue weighted by Gasteiger charge is -2.49. The number of rotatable bonds is 5. The van der Waals surface area contributed by atoms with E-state index in [1.165, 1.54) is 4.90 Å². The Balaban J connectivity index is 1.46. The summed E-state index contributed by atoms with van der Waals surface area (Å²) in [6.45, 7) is 1.74. The second kappa shape index (κ2) is 7.92. The molecule has 0 aromatic heterocycles. The van der Waals surface area contributed by atoms with Crippen LogP contribution in [0.15, 0.2) is 34.3 Å². The van der Waals surface area contributed by atoms with Crippen molar-refractivity contribution in [2.75, 3.05) is 13.1 Å². The number of guanidine groups is 2. The topological polar surface area (TPSA) is 199 Å². The fourth-order valence-corrected chi connectivity index (χ4v) is 5.42. The van der Waals surface area contributed by atoms with Gasteiger partial charge in [0.05, 0.1) is 12.6 Å². The number of hydrogen-bond donors (Lipinski definition) is 6. The first-order valence-electron chi connectivity index (χ1n) is 11.5. The summed E-state index contributed by atoms with van der Waals surface area (Å²) in [4.78, 5) is 48.7. The molecule has 186 valence electrons. The first kappa shape index (κ1) is 23.1. The van der Waals surface area contributed by atoms with E-state index in [0.717, 1.165) is 16.9 Å². The van der Waals surface area contributed by atoms with Gasteiger partial charge in [0.2, 0.25) is 17.6 Å². The third kappa shape index (κ3) is 3.33. The largest absolute Gasteiger partial charge is 0.370 e. The molecule has 0 radical (unpaired) electrons. The minimum absolute atomic E-state index is 0.0556. The van der Waals surface area contributed by atoms with Crippen LogP contribution in [0.2, 0.25) is 0 Å². The summed E-state index contributed by atoms with van der Waals surface area (Å²) >= 11 is 0. The summed E-state index contributed by atoms with van der Waals surface area (Å²) in [5.74, 6) is -3.90. The summed E-state index contributed by atoms with van der Waals surface area (Å²) in [5.41, 5.74) is 11.8. The zero-order valence-electron chi connectivity index (χ0n) is 19.1. The lowest BCUT2D eigenvalue weighted by atomic mass is 9.84. The highest BCUT2D eigenvalue weighted by atomic mass is 16.5. The van der Waals surface area contributed by atoms with Gasteiger partial charge >= 0.3 is 0 Å². The third-order valence-electron chi connectivity index (χ3n) is 7.23. The number of benzene rings is 1. The van der Waals surface area contributed by atoms with E-state index in [2.05, 4.69) is 20.6 Å². The Bertz CT molecular complexity index is 1150. The van der Waals surface area contributed by atoms with Crippen LogP contribution in [0, 0.1) is 0 Å². The van der Waals surface area contributed by atoms with Crippen molar-refractivity contribution in [2.45, 2.75) is 55.8 Å². The number of carbonyl (C=O) groups excluding carboxylic acids is 3. The molecular formula is C22H28N8O5. The number of likely N-dealkylation sites (tertiary alicyclic amines) is 1. The summed E-state index contributed by atoms with van der Waals surface area (Å²) in [6, 6.07) is 3.96. The molecule has 2 saturated heterocycles. The summed E-state index contributed by atoms with van der Waals surface area (Å²) < 4.78 is 0. The van der Waals surface area contributed by atoms with Gasteiger partial charge in [-0.2, -0.15) is 0 Å². The molecule has 5 rings (SSSR count). The molecule has 4 atom stereocenters. The number of aliphatic imine (C=N–C) groups is 2. The molecule has 13 heteroatoms. The zero-order valence-corrected chi connectivity index (χ0v) is 19.1. The highest BCUT2D eigenvalue weighted by Crippen LogP contribution is 2.45. The van der Waals surface area contributed by atoms with Crippen molar-refractivity contribution in [3.05, 3.63) is 35.4 Å². The van der Waals surface area contributed by atoms with Crippen LogP contribution in [0.5, 0.6) is 0 Å². The Morgan fingerprint density at radius 2 is 1.94 bits per heavy atom. The molecule has 4 aliphatic heterocycles. The Hall–Kier alpha value is -3.71. The molecular weight excluding hydrogens is 456 g/mol. The zero-order chi connectivity index (χ0) is 25.1. The van der Waals surface area contributed by atoms with Crippen molar-refractivity contribution >= 4 is 29.6 Å². The molecule has 1 aromatic rings. The number of aliphatic hydroxyl groups is 2. The van der Waals surface area contributed by atoms with Crippen LogP contribution in [0.4, 0.5) is 0 Å². The van der Waals surface area contributed by atoms with Crippen LogP contribution >= 0.6 is 0 Å². The van der Waals surface area contributed by atoms with Crippen LogP contribution in [0.25, 0.3) is 0 Å². The van der Waals surface area contributed by atoms with Crippen molar-refractivity contribution in [3.63, 3.8) is 0 Å². The van der Waals surface area contributed by atoms with Gasteiger partial charge in [-0.25, -0.2) is 9.98 Å². The van der Waals surface area contributed by atoms with Gasteiger partial charge in [0.1, 0.15) is 12.1 Å². The Morgan fingerprint density at radius 3 is 2.63 bits per heavy atom. The molecule has 3 amide bonds. The summed E-state index contributed by atoms with van der Waals surface area (Å²) in [7, 11) is 0. The van der Waals surface area contributed by atoms with E-state index in [0.29, 0.717) is 5.56 Å². The number of carbonyl (C=O) groups is 3. The van der Waals surface area contributed by atoms with Gasteiger partial charge in [-0.05, 0) is 24.1 Å². The van der Waals surface area contributed by atoms with Crippen molar-refractivity contribution in [1.82, 2.24) is 20.4 Å². The monoisotopic (exact) mass is 484 g/mol. The first-order valence-corrected chi connectivity index (χ1v) is 11.5. The number of nitrogens with two attached hydrogens (primary N) is 2. The van der Waals surface area contributed by atoms with Gasteiger partial charge < -0.3 is 37.2 Å². The number of hydrogen-bond acceptors (Lipinski definition) is 11. The molecule has 2 fully saturated rings. The second-order valence-electron chi connectivity index (χ2n) is 9.22. The van der Waals surface area contributed by atoms with Crippen LogP contribution in [0.3, 0.4) is 0 Å². The molecule has 4 aliphatic rings. The van der Waals surface area contributed by atoms with Crippen LogP contribution in [0.1, 0.15) is 35.7 Å². The Morgan fingerprint density at radius 1 is 1.23 bits per heavy atom. The van der Waals surface area contributed by atoms with Crippen molar-refractivity contribution in [3.8, 4) is 0 Å². The number of nitrogens with zero attached hydrogens (tertiary/aromatic N) is 4. The molecule has 8 N–H and O–H groups in total. The van der Waals surface area contributed by atoms with Crippen LogP contribution < -0.4 is 22.1 Å². The molecule has 0 saturated carbocycles. The van der Waals surface area contributed by atoms with E-state index >= 15 is 0 Å². The summed E-state index contributed by atoms with van der Waals surface area (Å²) in [5, 5.41) is 28.5. The molecule has 0 aliphatic carbocycles. The maximum absolute atomic E-state index is 13.0. The highest BCUT2D eigenvalue weighted by Gasteiger charge is 2.73. The fourth-order valence-electron chi connectivity index (χ4n) is 5.42. The highest BCUT2D eigenvalue weighted by molar-refractivity contribution is 6.02. The SMILES string of the molecule is CCc1cccc(C(=O)NC2CN3C(N)=NC(CN4C(=O)CCC4=O)[C@@H]4N=C(N)N[C@@]43C2(O)O)c1. The molecule has 1 spiro atoms. The number of amides is 3. The summed E-state index contributed by atoms with van der Waals surface area (Å²) in [6.07, 6.45) is 0.950. The minimum atomic E-state index is -2.60. The second-order valence-corrected chi connectivity index (χ2v) is 9.22. The molecule has 4 heterocycles. The van der Waals surface area contributed by atoms with E-state index in [4.69, 9.17) is 11.5 Å². The van der Waals surface area contributed by atoms with Crippen molar-refractivity contribution in [2.24, 2.45) is 21.5 Å². The Kier molecular flexibility index (Phi) is 5.21.